The fraction of sp³-hybridized carbons (Fsp3) is 1.00. The van der Waals surface area contributed by atoms with Gasteiger partial charge in [-0.05, 0) is 0 Å². The predicted octanol–water partition coefficient (Wildman–Crippen LogP) is -6.69. The van der Waals surface area contributed by atoms with Gasteiger partial charge >= 0.3 is 66.6 Å². The minimum atomic E-state index is -4.55. The molecule has 0 heterocycles. The van der Waals surface area contributed by atoms with E-state index in [-0.39, 0.29) is 68.4 Å². The Hall–Kier alpha value is 2.42. The second-order valence-electron chi connectivity index (χ2n) is 1.47. The van der Waals surface area contributed by atoms with Gasteiger partial charge in [-0.3, -0.25) is 9.13 Å². The Kier molecular flexibility index (Phi) is 11.8. The van der Waals surface area contributed by atoms with Crippen molar-refractivity contribution in [2.24, 2.45) is 0 Å². The molecule has 0 fully saturated rings. The van der Waals surface area contributed by atoms with Crippen LogP contribution in [0.2, 0.25) is 0 Å². The number of hydrogen-bond acceptors (Lipinski definition) is 2. The summed E-state index contributed by atoms with van der Waals surface area (Å²) in [6, 6.07) is 0. The molecular formula is CH6BrKO6P2. The normalized spacial score (nSPS) is 11.3. The average molecular weight is 295 g/mol. The molecule has 4 N–H and O–H groups in total. The number of hydrogen-bond donors (Lipinski definition) is 4. The SMILES string of the molecule is O=P(O)(O)CP(=O)(O)O.[Br-].[K+]. The summed E-state index contributed by atoms with van der Waals surface area (Å²) in [7, 11) is -9.10. The van der Waals surface area contributed by atoms with E-state index in [1.54, 1.807) is 0 Å². The van der Waals surface area contributed by atoms with Crippen LogP contribution in [-0.2, 0) is 9.13 Å². The van der Waals surface area contributed by atoms with Crippen molar-refractivity contribution in [1.29, 1.82) is 0 Å². The molecular weight excluding hydrogens is 289 g/mol. The Morgan fingerprint density at radius 1 is 0.909 bits per heavy atom. The molecule has 0 bridgehead atoms. The van der Waals surface area contributed by atoms with Gasteiger partial charge in [-0.1, -0.05) is 0 Å². The summed E-state index contributed by atoms with van der Waals surface area (Å²) >= 11 is 0. The molecule has 0 aromatic heterocycles. The van der Waals surface area contributed by atoms with E-state index in [0.29, 0.717) is 0 Å². The van der Waals surface area contributed by atoms with Crippen LogP contribution in [0.3, 0.4) is 0 Å². The zero-order valence-corrected chi connectivity index (χ0v) is 12.1. The molecule has 0 aliphatic carbocycles. The van der Waals surface area contributed by atoms with Gasteiger partial charge in [-0.25, -0.2) is 0 Å². The van der Waals surface area contributed by atoms with E-state index in [1.165, 1.54) is 0 Å². The molecule has 0 aromatic rings. The Morgan fingerprint density at radius 3 is 1.09 bits per heavy atom. The van der Waals surface area contributed by atoms with E-state index in [0.717, 1.165) is 0 Å². The van der Waals surface area contributed by atoms with Crippen LogP contribution in [0.4, 0.5) is 0 Å². The average Bonchev–Trinajstić information content (AvgIpc) is 1.14. The van der Waals surface area contributed by atoms with Gasteiger partial charge in [0.25, 0.3) is 0 Å². The molecule has 0 spiro atoms. The molecule has 0 aliphatic heterocycles. The van der Waals surface area contributed by atoms with Gasteiger partial charge in [0.05, 0.1) is 0 Å². The van der Waals surface area contributed by atoms with Crippen molar-refractivity contribution in [3.8, 4) is 0 Å². The first-order valence-electron chi connectivity index (χ1n) is 1.80. The van der Waals surface area contributed by atoms with E-state index in [1.807, 2.05) is 0 Å². The zero-order chi connectivity index (χ0) is 7.71. The van der Waals surface area contributed by atoms with Crippen LogP contribution in [-0.4, -0.2) is 25.5 Å². The van der Waals surface area contributed by atoms with E-state index in [9.17, 15) is 9.13 Å². The van der Waals surface area contributed by atoms with E-state index >= 15 is 0 Å². The third-order valence-corrected chi connectivity index (χ3v) is 3.32. The van der Waals surface area contributed by atoms with Gasteiger partial charge in [0.1, 0.15) is 0 Å². The quantitative estimate of drug-likeness (QED) is 0.297. The first-order chi connectivity index (χ1) is 3.71. The molecule has 64 valence electrons. The minimum Gasteiger partial charge on any atom is -1.00 e. The van der Waals surface area contributed by atoms with Crippen LogP contribution in [0.1, 0.15) is 0 Å². The summed E-state index contributed by atoms with van der Waals surface area (Å²) in [6.45, 7) is 0. The Morgan fingerprint density at radius 2 is 1.09 bits per heavy atom. The topological polar surface area (TPSA) is 115 Å². The minimum absolute atomic E-state index is 0. The van der Waals surface area contributed by atoms with E-state index in [2.05, 4.69) is 0 Å². The maximum atomic E-state index is 9.85. The van der Waals surface area contributed by atoms with Crippen LogP contribution >= 0.6 is 15.2 Å². The van der Waals surface area contributed by atoms with E-state index in [4.69, 9.17) is 19.6 Å². The molecule has 0 saturated heterocycles. The summed E-state index contributed by atoms with van der Waals surface area (Å²) in [6.07, 6.45) is 0. The Labute approximate surface area is 116 Å². The van der Waals surface area contributed by atoms with Crippen molar-refractivity contribution < 1.29 is 97.1 Å². The molecule has 0 atom stereocenters. The van der Waals surface area contributed by atoms with E-state index < -0.39 is 21.1 Å². The molecule has 0 aliphatic rings. The Bertz CT molecular complexity index is 161. The monoisotopic (exact) mass is 294 g/mol. The fourth-order valence-corrected chi connectivity index (χ4v) is 2.16. The molecule has 11 heavy (non-hydrogen) atoms. The van der Waals surface area contributed by atoms with Gasteiger partial charge in [0.2, 0.25) is 0 Å². The summed E-state index contributed by atoms with van der Waals surface area (Å²) in [5.41, 5.74) is 0. The summed E-state index contributed by atoms with van der Waals surface area (Å²) in [5, 5.41) is 0. The molecule has 0 rings (SSSR count). The third kappa shape index (κ3) is 19.0. The maximum absolute atomic E-state index is 9.85. The van der Waals surface area contributed by atoms with Gasteiger partial charge < -0.3 is 36.6 Å². The first-order valence-corrected chi connectivity index (χ1v) is 5.39. The van der Waals surface area contributed by atoms with Crippen molar-refractivity contribution in [2.45, 2.75) is 0 Å². The molecule has 6 nitrogen and oxygen atoms in total. The van der Waals surface area contributed by atoms with Crippen LogP contribution in [0.15, 0.2) is 0 Å². The van der Waals surface area contributed by atoms with Crippen molar-refractivity contribution in [3.05, 3.63) is 0 Å². The fourth-order valence-electron chi connectivity index (χ4n) is 0.240. The molecule has 0 radical (unpaired) electrons. The summed E-state index contributed by atoms with van der Waals surface area (Å²) in [4.78, 5) is 31.9. The van der Waals surface area contributed by atoms with Crippen molar-refractivity contribution in [2.75, 3.05) is 5.90 Å². The summed E-state index contributed by atoms with van der Waals surface area (Å²) < 4.78 is 19.7. The van der Waals surface area contributed by atoms with Gasteiger partial charge in [-0.15, -0.1) is 0 Å². The molecule has 0 unspecified atom stereocenters. The second kappa shape index (κ2) is 6.81. The first kappa shape index (κ1) is 19.1. The summed E-state index contributed by atoms with van der Waals surface area (Å²) in [5.74, 6) is -1.38. The van der Waals surface area contributed by atoms with Gasteiger partial charge in [-0.2, -0.15) is 0 Å². The standard InChI is InChI=1S/CH6O6P2.BrH.K/c2-8(3,4)1-9(5,6)7;;/h1H2,(H2,2,3,4)(H2,5,6,7);1H;/q;;+1/p-1. The van der Waals surface area contributed by atoms with Gasteiger partial charge in [0.15, 0.2) is 5.90 Å². The largest absolute Gasteiger partial charge is 1.00 e. The van der Waals surface area contributed by atoms with Crippen molar-refractivity contribution >= 4 is 15.2 Å². The number of halogens is 1. The second-order valence-corrected chi connectivity index (χ2v) is 5.26. The van der Waals surface area contributed by atoms with Crippen LogP contribution in [0, 0.1) is 0 Å². The number of rotatable bonds is 2. The maximum Gasteiger partial charge on any atom is 1.00 e. The van der Waals surface area contributed by atoms with Crippen molar-refractivity contribution in [3.63, 3.8) is 0 Å². The zero-order valence-electron chi connectivity index (χ0n) is 5.58. The predicted molar refractivity (Wildman–Crippen MR) is 29.0 cm³/mol. The third-order valence-electron chi connectivity index (χ3n) is 0.368. The van der Waals surface area contributed by atoms with Gasteiger partial charge in [0, 0.05) is 0 Å². The van der Waals surface area contributed by atoms with Crippen LogP contribution < -0.4 is 68.4 Å². The molecule has 0 amide bonds. The smallest absolute Gasteiger partial charge is 1.00 e. The molecule has 0 saturated carbocycles. The Balaban J connectivity index is -0.000000320. The van der Waals surface area contributed by atoms with Crippen LogP contribution in [0.5, 0.6) is 0 Å². The van der Waals surface area contributed by atoms with Crippen LogP contribution in [0.25, 0.3) is 0 Å². The molecule has 0 aromatic carbocycles. The van der Waals surface area contributed by atoms with Crippen molar-refractivity contribution in [1.82, 2.24) is 0 Å². The molecule has 10 heteroatoms.